The van der Waals surface area contributed by atoms with E-state index in [4.69, 9.17) is 5.26 Å². The van der Waals surface area contributed by atoms with Gasteiger partial charge in [-0.15, -0.1) is 0 Å². The lowest BCUT2D eigenvalue weighted by molar-refractivity contribution is 0.496. The minimum atomic E-state index is -3.15. The first kappa shape index (κ1) is 14.5. The molecule has 0 fully saturated rings. The third kappa shape index (κ3) is 4.04. The van der Waals surface area contributed by atoms with Crippen LogP contribution in [-0.4, -0.2) is 21.2 Å². The Labute approximate surface area is 109 Å². The Balaban J connectivity index is 2.68. The first-order valence-corrected chi connectivity index (χ1v) is 7.67. The minimum absolute atomic E-state index is 0.0559. The van der Waals surface area contributed by atoms with Crippen LogP contribution in [0.5, 0.6) is 0 Å². The second-order valence-corrected chi connectivity index (χ2v) is 6.67. The van der Waals surface area contributed by atoms with Gasteiger partial charge in [0.2, 0.25) is 0 Å². The van der Waals surface area contributed by atoms with Crippen molar-refractivity contribution in [3.63, 3.8) is 0 Å². The highest BCUT2D eigenvalue weighted by Gasteiger charge is 2.12. The number of nitriles is 1. The molecule has 0 spiro atoms. The number of benzene rings is 1. The molecule has 1 unspecified atom stereocenters. The van der Waals surface area contributed by atoms with E-state index in [-0.39, 0.29) is 11.8 Å². The van der Waals surface area contributed by atoms with Crippen LogP contribution in [0.4, 0.5) is 5.69 Å². The van der Waals surface area contributed by atoms with Gasteiger partial charge in [-0.2, -0.15) is 5.26 Å². The van der Waals surface area contributed by atoms with Gasteiger partial charge in [0, 0.05) is 18.5 Å². The number of hydrogen-bond donors (Lipinski definition) is 1. The van der Waals surface area contributed by atoms with Crippen molar-refractivity contribution in [3.8, 4) is 6.07 Å². The SMILES string of the molecule is CC(C)C(C#N)CNc1ccc(S(C)(=O)=O)cc1. The molecule has 1 aromatic rings. The lowest BCUT2D eigenvalue weighted by Crippen LogP contribution is -2.17. The highest BCUT2D eigenvalue weighted by molar-refractivity contribution is 7.90. The molecule has 1 atom stereocenters. The lowest BCUT2D eigenvalue weighted by atomic mass is 9.97. The van der Waals surface area contributed by atoms with Crippen molar-refractivity contribution in [2.45, 2.75) is 18.7 Å². The van der Waals surface area contributed by atoms with Crippen molar-refractivity contribution in [1.82, 2.24) is 0 Å². The number of anilines is 1. The molecule has 0 amide bonds. The number of nitrogens with one attached hydrogen (secondary N) is 1. The molecule has 5 heteroatoms. The van der Waals surface area contributed by atoms with Crippen LogP contribution in [0.2, 0.25) is 0 Å². The Morgan fingerprint density at radius 2 is 1.83 bits per heavy atom. The Morgan fingerprint density at radius 1 is 1.28 bits per heavy atom. The Morgan fingerprint density at radius 3 is 2.22 bits per heavy atom. The quantitative estimate of drug-likeness (QED) is 0.887. The minimum Gasteiger partial charge on any atom is -0.384 e. The summed E-state index contributed by atoms with van der Waals surface area (Å²) >= 11 is 0. The third-order valence-electron chi connectivity index (χ3n) is 2.78. The van der Waals surface area contributed by atoms with E-state index in [9.17, 15) is 8.42 Å². The molecule has 98 valence electrons. The Hall–Kier alpha value is -1.54. The van der Waals surface area contributed by atoms with E-state index in [1.807, 2.05) is 13.8 Å². The van der Waals surface area contributed by atoms with Gasteiger partial charge in [0.15, 0.2) is 9.84 Å². The van der Waals surface area contributed by atoms with Crippen molar-refractivity contribution >= 4 is 15.5 Å². The second-order valence-electron chi connectivity index (χ2n) is 4.66. The summed E-state index contributed by atoms with van der Waals surface area (Å²) in [5.74, 6) is 0.234. The summed E-state index contributed by atoms with van der Waals surface area (Å²) in [6, 6.07) is 8.80. The normalized spacial score (nSPS) is 13.1. The maximum Gasteiger partial charge on any atom is 0.175 e. The highest BCUT2D eigenvalue weighted by Crippen LogP contribution is 2.16. The summed E-state index contributed by atoms with van der Waals surface area (Å²) in [7, 11) is -3.15. The van der Waals surface area contributed by atoms with E-state index in [2.05, 4.69) is 11.4 Å². The fourth-order valence-corrected chi connectivity index (χ4v) is 2.11. The molecule has 0 saturated carbocycles. The van der Waals surface area contributed by atoms with Gasteiger partial charge >= 0.3 is 0 Å². The van der Waals surface area contributed by atoms with Crippen LogP contribution < -0.4 is 5.32 Å². The van der Waals surface area contributed by atoms with Gasteiger partial charge in [-0.25, -0.2) is 8.42 Å². The molecule has 1 aromatic carbocycles. The summed E-state index contributed by atoms with van der Waals surface area (Å²) in [6.45, 7) is 4.57. The molecule has 0 bridgehead atoms. The van der Waals surface area contributed by atoms with Crippen molar-refractivity contribution in [2.24, 2.45) is 11.8 Å². The first-order valence-electron chi connectivity index (χ1n) is 5.78. The number of rotatable bonds is 5. The Kier molecular flexibility index (Phi) is 4.74. The van der Waals surface area contributed by atoms with Crippen LogP contribution in [0.15, 0.2) is 29.2 Å². The second kappa shape index (κ2) is 5.87. The summed E-state index contributed by atoms with van der Waals surface area (Å²) in [4.78, 5) is 0.300. The molecule has 0 aliphatic heterocycles. The molecular weight excluding hydrogens is 248 g/mol. The maximum atomic E-state index is 11.3. The van der Waals surface area contributed by atoms with E-state index in [1.54, 1.807) is 24.3 Å². The van der Waals surface area contributed by atoms with Crippen molar-refractivity contribution in [3.05, 3.63) is 24.3 Å². The third-order valence-corrected chi connectivity index (χ3v) is 3.91. The molecular formula is C13H18N2O2S. The summed E-state index contributed by atoms with van der Waals surface area (Å²) in [5.41, 5.74) is 0.823. The molecule has 0 aliphatic carbocycles. The van der Waals surface area contributed by atoms with Gasteiger partial charge in [-0.1, -0.05) is 13.8 Å². The van der Waals surface area contributed by atoms with Crippen LogP contribution in [-0.2, 0) is 9.84 Å². The number of hydrogen-bond acceptors (Lipinski definition) is 4. The van der Waals surface area contributed by atoms with Gasteiger partial charge in [-0.3, -0.25) is 0 Å². The molecule has 1 N–H and O–H groups in total. The van der Waals surface area contributed by atoms with E-state index < -0.39 is 9.84 Å². The average Bonchev–Trinajstić information content (AvgIpc) is 2.29. The first-order chi connectivity index (χ1) is 8.34. The fourth-order valence-electron chi connectivity index (χ4n) is 1.48. The zero-order chi connectivity index (χ0) is 13.8. The molecule has 0 saturated heterocycles. The van der Waals surface area contributed by atoms with Crippen LogP contribution in [0, 0.1) is 23.2 Å². The van der Waals surface area contributed by atoms with Gasteiger partial charge in [0.1, 0.15) is 0 Å². The molecule has 0 aromatic heterocycles. The van der Waals surface area contributed by atoms with E-state index in [0.29, 0.717) is 11.4 Å². The van der Waals surface area contributed by atoms with Crippen LogP contribution in [0.1, 0.15) is 13.8 Å². The topological polar surface area (TPSA) is 70.0 Å². The summed E-state index contributed by atoms with van der Waals surface area (Å²) in [5, 5.41) is 12.1. The van der Waals surface area contributed by atoms with E-state index in [0.717, 1.165) is 5.69 Å². The molecule has 0 heterocycles. The fraction of sp³-hybridized carbons (Fsp3) is 0.462. The van der Waals surface area contributed by atoms with E-state index in [1.165, 1.54) is 6.26 Å². The van der Waals surface area contributed by atoms with Crippen molar-refractivity contribution < 1.29 is 8.42 Å². The van der Waals surface area contributed by atoms with Crippen LogP contribution in [0.25, 0.3) is 0 Å². The standard InChI is InChI=1S/C13H18N2O2S/c1-10(2)11(8-14)9-15-12-4-6-13(7-5-12)18(3,16)17/h4-7,10-11,15H,9H2,1-3H3. The average molecular weight is 266 g/mol. The molecule has 4 nitrogen and oxygen atoms in total. The van der Waals surface area contributed by atoms with Crippen LogP contribution in [0.3, 0.4) is 0 Å². The summed E-state index contributed by atoms with van der Waals surface area (Å²) in [6.07, 6.45) is 1.18. The molecule has 0 aliphatic rings. The molecule has 1 rings (SSSR count). The van der Waals surface area contributed by atoms with Gasteiger partial charge in [-0.05, 0) is 30.2 Å². The van der Waals surface area contributed by atoms with Crippen molar-refractivity contribution in [2.75, 3.05) is 18.1 Å². The zero-order valence-corrected chi connectivity index (χ0v) is 11.7. The largest absolute Gasteiger partial charge is 0.384 e. The smallest absolute Gasteiger partial charge is 0.175 e. The number of sulfone groups is 1. The van der Waals surface area contributed by atoms with Gasteiger partial charge in [0.05, 0.1) is 16.9 Å². The number of nitrogens with zero attached hydrogens (tertiary/aromatic N) is 1. The summed E-state index contributed by atoms with van der Waals surface area (Å²) < 4.78 is 22.6. The van der Waals surface area contributed by atoms with Crippen LogP contribution >= 0.6 is 0 Å². The molecule has 18 heavy (non-hydrogen) atoms. The predicted octanol–water partition coefficient (Wildman–Crippen LogP) is 2.30. The van der Waals surface area contributed by atoms with E-state index >= 15 is 0 Å². The van der Waals surface area contributed by atoms with Gasteiger partial charge < -0.3 is 5.32 Å². The Bertz CT molecular complexity index is 527. The monoisotopic (exact) mass is 266 g/mol. The molecule has 0 radical (unpaired) electrons. The zero-order valence-electron chi connectivity index (χ0n) is 10.8. The lowest BCUT2D eigenvalue weighted by Gasteiger charge is -2.14. The van der Waals surface area contributed by atoms with Gasteiger partial charge in [0.25, 0.3) is 0 Å². The highest BCUT2D eigenvalue weighted by atomic mass is 32.2. The maximum absolute atomic E-state index is 11.3. The predicted molar refractivity (Wildman–Crippen MR) is 72.0 cm³/mol. The van der Waals surface area contributed by atoms with Crippen molar-refractivity contribution in [1.29, 1.82) is 5.26 Å².